The van der Waals surface area contributed by atoms with Crippen molar-refractivity contribution in [2.24, 2.45) is 0 Å². The fourth-order valence-corrected chi connectivity index (χ4v) is 3.05. The van der Waals surface area contributed by atoms with Gasteiger partial charge in [-0.3, -0.25) is 19.1 Å². The van der Waals surface area contributed by atoms with Gasteiger partial charge in [-0.25, -0.2) is 4.79 Å². The van der Waals surface area contributed by atoms with Crippen molar-refractivity contribution in [3.63, 3.8) is 0 Å². The lowest BCUT2D eigenvalue weighted by Gasteiger charge is -2.17. The molecule has 28 heavy (non-hydrogen) atoms. The molecule has 0 aliphatic carbocycles. The molecule has 6 nitrogen and oxygen atoms in total. The number of aromatic amines is 1. The number of benzene rings is 2. The van der Waals surface area contributed by atoms with E-state index in [9.17, 15) is 14.4 Å². The van der Waals surface area contributed by atoms with Crippen LogP contribution in [-0.2, 0) is 18.1 Å². The van der Waals surface area contributed by atoms with Crippen LogP contribution in [0.1, 0.15) is 46.9 Å². The minimum Gasteiger partial charge on any atom is -0.356 e. The fourth-order valence-electron chi connectivity index (χ4n) is 3.05. The number of H-pyrrole nitrogens is 1. The Hall–Kier alpha value is -3.25. The Labute approximate surface area is 162 Å². The number of nitrogens with zero attached hydrogens (tertiary/aromatic N) is 1. The lowest BCUT2D eigenvalue weighted by Crippen LogP contribution is -2.38. The van der Waals surface area contributed by atoms with Crippen LogP contribution in [0.3, 0.4) is 0 Å². The summed E-state index contributed by atoms with van der Waals surface area (Å²) in [5.74, 6) is -0.622. The first-order chi connectivity index (χ1) is 13.5. The van der Waals surface area contributed by atoms with Gasteiger partial charge in [-0.2, -0.15) is 0 Å². The van der Waals surface area contributed by atoms with Crippen molar-refractivity contribution in [3.05, 3.63) is 104 Å². The van der Waals surface area contributed by atoms with Gasteiger partial charge in [0, 0.05) is 11.1 Å². The average molecular weight is 378 g/mol. The Morgan fingerprint density at radius 1 is 1.00 bits per heavy atom. The molecule has 0 fully saturated rings. The van der Waals surface area contributed by atoms with Crippen molar-refractivity contribution in [1.82, 2.24) is 9.55 Å². The maximum absolute atomic E-state index is 13.2. The largest absolute Gasteiger partial charge is 0.356 e. The molecule has 0 aliphatic heterocycles. The molecule has 0 radical (unpaired) electrons. The lowest BCUT2D eigenvalue weighted by molar-refractivity contribution is 0.0577. The summed E-state index contributed by atoms with van der Waals surface area (Å²) in [6.07, 6.45) is 0. The average Bonchev–Trinajstić information content (AvgIpc) is 2.69. The smallest absolute Gasteiger partial charge is 0.330 e. The molecule has 0 saturated heterocycles. The number of carbonyl (C=O) groups excluding carboxylic acids is 1. The van der Waals surface area contributed by atoms with E-state index in [1.54, 1.807) is 30.3 Å². The second kappa shape index (κ2) is 8.63. The number of nitrogens with one attached hydrogen (secondary N) is 1. The Morgan fingerprint density at radius 3 is 2.21 bits per heavy atom. The zero-order valence-electron chi connectivity index (χ0n) is 15.8. The Bertz CT molecular complexity index is 1070. The molecule has 1 heterocycles. The third-order valence-corrected chi connectivity index (χ3v) is 4.40. The maximum atomic E-state index is 13.2. The monoisotopic (exact) mass is 378 g/mol. The van der Waals surface area contributed by atoms with E-state index >= 15 is 0 Å². The van der Waals surface area contributed by atoms with Gasteiger partial charge in [0.1, 0.15) is 12.4 Å². The summed E-state index contributed by atoms with van der Waals surface area (Å²) in [5.41, 5.74) is 0.492. The van der Waals surface area contributed by atoms with Crippen LogP contribution in [0.4, 0.5) is 0 Å². The fraction of sp³-hybridized carbons (Fsp3) is 0.227. The Morgan fingerprint density at radius 2 is 1.61 bits per heavy atom. The maximum Gasteiger partial charge on any atom is 0.330 e. The summed E-state index contributed by atoms with van der Waals surface area (Å²) in [6, 6.07) is 18.1. The predicted molar refractivity (Wildman–Crippen MR) is 107 cm³/mol. The number of hydrogen-bond acceptors (Lipinski definition) is 4. The molecule has 144 valence electrons. The lowest BCUT2D eigenvalue weighted by atomic mass is 9.97. The van der Waals surface area contributed by atoms with Gasteiger partial charge in [-0.15, -0.1) is 0 Å². The molecular formula is C22H22N2O4. The molecule has 2 aromatic carbocycles. The van der Waals surface area contributed by atoms with Crippen LogP contribution >= 0.6 is 0 Å². The van der Waals surface area contributed by atoms with Crippen molar-refractivity contribution in [2.45, 2.75) is 33.1 Å². The zero-order valence-corrected chi connectivity index (χ0v) is 15.8. The van der Waals surface area contributed by atoms with E-state index in [-0.39, 0.29) is 36.3 Å². The summed E-state index contributed by atoms with van der Waals surface area (Å²) in [7, 11) is 0. The zero-order chi connectivity index (χ0) is 20.1. The third kappa shape index (κ3) is 4.18. The molecule has 0 aliphatic rings. The molecule has 1 aromatic heterocycles. The van der Waals surface area contributed by atoms with Crippen LogP contribution < -0.4 is 11.2 Å². The van der Waals surface area contributed by atoms with E-state index in [1.165, 1.54) is 4.57 Å². The first-order valence-electron chi connectivity index (χ1n) is 9.07. The first-order valence-corrected chi connectivity index (χ1v) is 9.07. The van der Waals surface area contributed by atoms with Crippen LogP contribution in [0, 0.1) is 0 Å². The molecule has 0 unspecified atom stereocenters. The summed E-state index contributed by atoms with van der Waals surface area (Å²) < 4.78 is 6.88. The number of rotatable bonds is 7. The van der Waals surface area contributed by atoms with Gasteiger partial charge >= 0.3 is 5.69 Å². The van der Waals surface area contributed by atoms with Gasteiger partial charge in [0.05, 0.1) is 6.61 Å². The Balaban J connectivity index is 2.03. The topological polar surface area (TPSA) is 81.2 Å². The number of carbonyl (C=O) groups is 1. The number of hydrogen-bond donors (Lipinski definition) is 1. The van der Waals surface area contributed by atoms with Crippen LogP contribution in [0.25, 0.3) is 0 Å². The highest BCUT2D eigenvalue weighted by molar-refractivity contribution is 6.08. The number of aromatic nitrogens is 2. The van der Waals surface area contributed by atoms with E-state index < -0.39 is 11.2 Å². The third-order valence-electron chi connectivity index (χ3n) is 4.40. The molecule has 0 spiro atoms. The molecule has 6 heteroatoms. The summed E-state index contributed by atoms with van der Waals surface area (Å²) in [5, 5.41) is 0. The molecular weight excluding hydrogens is 356 g/mol. The van der Waals surface area contributed by atoms with Gasteiger partial charge in [-0.1, -0.05) is 74.5 Å². The Kier molecular flexibility index (Phi) is 6.01. The highest BCUT2D eigenvalue weighted by Crippen LogP contribution is 2.18. The van der Waals surface area contributed by atoms with Crippen molar-refractivity contribution < 1.29 is 9.53 Å². The van der Waals surface area contributed by atoms with Gasteiger partial charge in [-0.05, 0) is 11.5 Å². The highest BCUT2D eigenvalue weighted by atomic mass is 16.5. The molecule has 3 aromatic rings. The highest BCUT2D eigenvalue weighted by Gasteiger charge is 2.24. The predicted octanol–water partition coefficient (Wildman–Crippen LogP) is 3.07. The minimum absolute atomic E-state index is 0.0722. The standard InChI is InChI=1S/C22H22N2O4/c1-15(2)18-19(20(25)17-11-7-4-8-12-17)24(22(27)23-21(18)26)14-28-13-16-9-5-3-6-10-16/h3-12,15H,13-14H2,1-2H3,(H,23,26,27). The normalized spacial score (nSPS) is 11.0. The van der Waals surface area contributed by atoms with Crippen molar-refractivity contribution in [1.29, 1.82) is 0 Å². The van der Waals surface area contributed by atoms with Gasteiger partial charge in [0.25, 0.3) is 5.56 Å². The number of ether oxygens (including phenoxy) is 1. The second-order valence-corrected chi connectivity index (χ2v) is 6.76. The molecule has 3 rings (SSSR count). The minimum atomic E-state index is -0.665. The van der Waals surface area contributed by atoms with Crippen LogP contribution in [0.5, 0.6) is 0 Å². The van der Waals surface area contributed by atoms with Crippen LogP contribution in [0.15, 0.2) is 70.3 Å². The van der Waals surface area contributed by atoms with E-state index in [4.69, 9.17) is 4.74 Å². The van der Waals surface area contributed by atoms with E-state index in [2.05, 4.69) is 4.98 Å². The van der Waals surface area contributed by atoms with Gasteiger partial charge in [0.15, 0.2) is 0 Å². The molecule has 0 saturated carbocycles. The molecule has 0 atom stereocenters. The van der Waals surface area contributed by atoms with Crippen LogP contribution in [0.2, 0.25) is 0 Å². The van der Waals surface area contributed by atoms with Gasteiger partial charge in [0.2, 0.25) is 5.78 Å². The summed E-state index contributed by atoms with van der Waals surface area (Å²) in [4.78, 5) is 40.4. The van der Waals surface area contributed by atoms with E-state index in [0.717, 1.165) is 5.56 Å². The van der Waals surface area contributed by atoms with Crippen molar-refractivity contribution in [3.8, 4) is 0 Å². The SMILES string of the molecule is CC(C)c1c(C(=O)c2ccccc2)n(COCc2ccccc2)c(=O)[nH]c1=O. The van der Waals surface area contributed by atoms with E-state index in [1.807, 2.05) is 44.2 Å². The van der Waals surface area contributed by atoms with E-state index in [0.29, 0.717) is 5.56 Å². The quantitative estimate of drug-likeness (QED) is 0.641. The number of ketones is 1. The molecule has 0 bridgehead atoms. The van der Waals surface area contributed by atoms with Crippen LogP contribution in [-0.4, -0.2) is 15.3 Å². The summed E-state index contributed by atoms with van der Waals surface area (Å²) in [6.45, 7) is 3.76. The second-order valence-electron chi connectivity index (χ2n) is 6.76. The molecule has 0 amide bonds. The first kappa shape index (κ1) is 19.5. The molecule has 1 N–H and O–H groups in total. The summed E-state index contributed by atoms with van der Waals surface area (Å²) >= 11 is 0. The van der Waals surface area contributed by atoms with Crippen molar-refractivity contribution in [2.75, 3.05) is 0 Å². The van der Waals surface area contributed by atoms with Gasteiger partial charge < -0.3 is 4.74 Å². The van der Waals surface area contributed by atoms with Crippen molar-refractivity contribution >= 4 is 5.78 Å².